The summed E-state index contributed by atoms with van der Waals surface area (Å²) >= 11 is 11.8. The van der Waals surface area contributed by atoms with E-state index in [0.717, 1.165) is 30.7 Å². The summed E-state index contributed by atoms with van der Waals surface area (Å²) < 4.78 is 29.6. The lowest BCUT2D eigenvalue weighted by Gasteiger charge is -2.33. The molecule has 3 rings (SSSR count). The van der Waals surface area contributed by atoms with Crippen LogP contribution < -0.4 is 5.32 Å². The summed E-state index contributed by atoms with van der Waals surface area (Å²) in [5.74, 6) is 0.370. The molecule has 1 aromatic carbocycles. The highest BCUT2D eigenvalue weighted by molar-refractivity contribution is 7.91. The number of hydrogen-bond acceptors (Lipinski definition) is 4. The van der Waals surface area contributed by atoms with Crippen LogP contribution in [-0.4, -0.2) is 55.2 Å². The molecular weight excluding hydrogens is 380 g/mol. The minimum absolute atomic E-state index is 0.100. The quantitative estimate of drug-likeness (QED) is 0.781. The molecule has 0 unspecified atom stereocenters. The van der Waals surface area contributed by atoms with Crippen molar-refractivity contribution in [2.45, 2.75) is 38.3 Å². The van der Waals surface area contributed by atoms with E-state index in [0.29, 0.717) is 23.1 Å². The van der Waals surface area contributed by atoms with Crippen molar-refractivity contribution in [3.63, 3.8) is 0 Å². The zero-order chi connectivity index (χ0) is 18.0. The lowest BCUT2D eigenvalue weighted by Crippen LogP contribution is -2.47. The van der Waals surface area contributed by atoms with Gasteiger partial charge in [-0.3, -0.25) is 0 Å². The van der Waals surface area contributed by atoms with Crippen LogP contribution in [0.25, 0.3) is 0 Å². The second-order valence-electron chi connectivity index (χ2n) is 6.69. The van der Waals surface area contributed by atoms with Gasteiger partial charge in [0.15, 0.2) is 14.9 Å². The minimum Gasteiger partial charge on any atom is -0.376 e. The third-order valence-corrected chi connectivity index (χ3v) is 7.34. The van der Waals surface area contributed by atoms with E-state index < -0.39 is 9.84 Å². The van der Waals surface area contributed by atoms with E-state index in [9.17, 15) is 8.42 Å². The molecule has 1 aromatic rings. The fourth-order valence-electron chi connectivity index (χ4n) is 3.36. The van der Waals surface area contributed by atoms with Crippen LogP contribution in [0, 0.1) is 6.92 Å². The molecule has 0 spiro atoms. The van der Waals surface area contributed by atoms with E-state index in [1.54, 1.807) is 0 Å². The van der Waals surface area contributed by atoms with Crippen molar-refractivity contribution in [2.24, 2.45) is 0 Å². The molecule has 1 N–H and O–H groups in total. The second kappa shape index (κ2) is 7.78. The zero-order valence-electron chi connectivity index (χ0n) is 14.2. The smallest absolute Gasteiger partial charge is 0.173 e. The summed E-state index contributed by atoms with van der Waals surface area (Å²) in [6.07, 6.45) is 2.72. The molecule has 2 aliphatic rings. The fraction of sp³-hybridized carbons (Fsp3) is 0.588. The molecule has 2 atom stereocenters. The molecule has 5 nitrogen and oxygen atoms in total. The predicted molar refractivity (Wildman–Crippen MR) is 105 cm³/mol. The van der Waals surface area contributed by atoms with Crippen molar-refractivity contribution in [3.8, 4) is 0 Å². The monoisotopic (exact) mass is 402 g/mol. The van der Waals surface area contributed by atoms with Crippen LogP contribution in [0.1, 0.15) is 24.8 Å². The van der Waals surface area contributed by atoms with Crippen LogP contribution in [0.2, 0.25) is 5.02 Å². The lowest BCUT2D eigenvalue weighted by atomic mass is 10.1. The summed E-state index contributed by atoms with van der Waals surface area (Å²) in [6, 6.07) is 5.51. The summed E-state index contributed by atoms with van der Waals surface area (Å²) in [6.45, 7) is 3.30. The Balaban J connectivity index is 1.77. The van der Waals surface area contributed by atoms with Crippen LogP contribution in [0.15, 0.2) is 18.2 Å². The van der Waals surface area contributed by atoms with Gasteiger partial charge in [0.05, 0.1) is 17.6 Å². The normalized spacial score (nSPS) is 25.0. The maximum atomic E-state index is 11.9. The second-order valence-corrected chi connectivity index (χ2v) is 9.71. The van der Waals surface area contributed by atoms with Crippen molar-refractivity contribution in [1.82, 2.24) is 4.90 Å². The van der Waals surface area contributed by atoms with Crippen LogP contribution in [0.5, 0.6) is 0 Å². The number of halogens is 1. The Morgan fingerprint density at radius 3 is 2.88 bits per heavy atom. The minimum atomic E-state index is -2.99. The molecule has 2 aliphatic heterocycles. The van der Waals surface area contributed by atoms with Gasteiger partial charge in [0.2, 0.25) is 0 Å². The number of benzene rings is 1. The molecule has 0 aromatic heterocycles. The molecule has 0 amide bonds. The maximum Gasteiger partial charge on any atom is 0.173 e. The Morgan fingerprint density at radius 1 is 1.44 bits per heavy atom. The third kappa shape index (κ3) is 4.64. The lowest BCUT2D eigenvalue weighted by molar-refractivity contribution is 0.0851. The predicted octanol–water partition coefficient (Wildman–Crippen LogP) is 3.01. The number of nitrogens with one attached hydrogen (secondary N) is 1. The SMILES string of the molecule is Cc1c(Cl)cccc1NC(=S)N(C[C@H]1CCCO1)[C@H]1CCS(=O)(=O)C1. The van der Waals surface area contributed by atoms with E-state index in [4.69, 9.17) is 28.6 Å². The summed E-state index contributed by atoms with van der Waals surface area (Å²) in [7, 11) is -2.99. The molecule has 0 saturated carbocycles. The first kappa shape index (κ1) is 18.9. The largest absolute Gasteiger partial charge is 0.376 e. The van der Waals surface area contributed by atoms with Crippen molar-refractivity contribution in [1.29, 1.82) is 0 Å². The number of hydrogen-bond donors (Lipinski definition) is 1. The van der Waals surface area contributed by atoms with Crippen molar-refractivity contribution >= 4 is 44.5 Å². The van der Waals surface area contributed by atoms with Gasteiger partial charge >= 0.3 is 0 Å². The van der Waals surface area contributed by atoms with Crippen LogP contribution in [0.4, 0.5) is 5.69 Å². The Morgan fingerprint density at radius 2 is 2.24 bits per heavy atom. The first-order chi connectivity index (χ1) is 11.9. The van der Waals surface area contributed by atoms with E-state index in [-0.39, 0.29) is 23.7 Å². The zero-order valence-corrected chi connectivity index (χ0v) is 16.6. The van der Waals surface area contributed by atoms with Gasteiger partial charge in [-0.15, -0.1) is 0 Å². The van der Waals surface area contributed by atoms with E-state index >= 15 is 0 Å². The molecule has 0 radical (unpaired) electrons. The highest BCUT2D eigenvalue weighted by atomic mass is 35.5. The molecule has 0 bridgehead atoms. The van der Waals surface area contributed by atoms with Gasteiger partial charge in [0.1, 0.15) is 0 Å². The average molecular weight is 403 g/mol. The first-order valence-electron chi connectivity index (χ1n) is 8.50. The van der Waals surface area contributed by atoms with Gasteiger partial charge in [0, 0.05) is 29.9 Å². The van der Waals surface area contributed by atoms with Crippen molar-refractivity contribution < 1.29 is 13.2 Å². The van der Waals surface area contributed by atoms with Gasteiger partial charge in [-0.05, 0) is 56.1 Å². The van der Waals surface area contributed by atoms with E-state index in [1.807, 2.05) is 30.0 Å². The van der Waals surface area contributed by atoms with Gasteiger partial charge in [-0.25, -0.2) is 8.42 Å². The van der Waals surface area contributed by atoms with Crippen LogP contribution in [-0.2, 0) is 14.6 Å². The summed E-state index contributed by atoms with van der Waals surface area (Å²) in [4.78, 5) is 2.00. The van der Waals surface area contributed by atoms with Gasteiger partial charge < -0.3 is 15.0 Å². The summed E-state index contributed by atoms with van der Waals surface area (Å²) in [5, 5.41) is 4.45. The molecule has 138 valence electrons. The van der Waals surface area contributed by atoms with Crippen molar-refractivity contribution in [2.75, 3.05) is 30.0 Å². The highest BCUT2D eigenvalue weighted by Crippen LogP contribution is 2.26. The summed E-state index contributed by atoms with van der Waals surface area (Å²) in [5.41, 5.74) is 1.76. The van der Waals surface area contributed by atoms with Crippen LogP contribution in [0.3, 0.4) is 0 Å². The molecule has 25 heavy (non-hydrogen) atoms. The standard InChI is InChI=1S/C17H23ClN2O3S2/c1-12-15(18)5-2-6-16(12)19-17(24)20(10-14-4-3-8-23-14)13-7-9-25(21,22)11-13/h2,5-6,13-14H,3-4,7-11H2,1H3,(H,19,24)/t13-,14+/m0/s1. The van der Waals surface area contributed by atoms with Crippen LogP contribution >= 0.6 is 23.8 Å². The number of sulfone groups is 1. The molecule has 2 fully saturated rings. The number of nitrogens with zero attached hydrogens (tertiary/aromatic N) is 1. The number of thiocarbonyl (C=S) groups is 1. The fourth-order valence-corrected chi connectivity index (χ4v) is 5.60. The number of rotatable bonds is 4. The van der Waals surface area contributed by atoms with E-state index in [2.05, 4.69) is 5.32 Å². The highest BCUT2D eigenvalue weighted by Gasteiger charge is 2.35. The Kier molecular flexibility index (Phi) is 5.88. The maximum absolute atomic E-state index is 11.9. The van der Waals surface area contributed by atoms with E-state index in [1.165, 1.54) is 0 Å². The topological polar surface area (TPSA) is 58.6 Å². The number of ether oxygens (including phenoxy) is 1. The molecule has 8 heteroatoms. The molecule has 2 heterocycles. The van der Waals surface area contributed by atoms with Crippen molar-refractivity contribution in [3.05, 3.63) is 28.8 Å². The van der Waals surface area contributed by atoms with Gasteiger partial charge in [-0.2, -0.15) is 0 Å². The molecule has 0 aliphatic carbocycles. The number of anilines is 1. The Hall–Kier alpha value is -0.890. The van der Waals surface area contributed by atoms with Gasteiger partial charge in [0.25, 0.3) is 0 Å². The Labute approximate surface area is 159 Å². The average Bonchev–Trinajstić information content (AvgIpc) is 3.18. The molecule has 2 saturated heterocycles. The Bertz CT molecular complexity index is 748. The molecular formula is C17H23ClN2O3S2. The first-order valence-corrected chi connectivity index (χ1v) is 11.1. The third-order valence-electron chi connectivity index (χ3n) is 4.84. The van der Waals surface area contributed by atoms with Gasteiger partial charge in [-0.1, -0.05) is 17.7 Å².